The van der Waals surface area contributed by atoms with Gasteiger partial charge in [0.25, 0.3) is 0 Å². The number of hydrogen-bond donors (Lipinski definition) is 3. The van der Waals surface area contributed by atoms with Gasteiger partial charge in [-0.05, 0) is 12.1 Å². The third-order valence-corrected chi connectivity index (χ3v) is 2.04. The molecule has 1 unspecified atom stereocenters. The van der Waals surface area contributed by atoms with E-state index in [0.717, 1.165) is 6.07 Å². The molecule has 1 heterocycles. The maximum Gasteiger partial charge on any atom is 0.416 e. The molecular weight excluding hydrogens is 261 g/mol. The van der Waals surface area contributed by atoms with E-state index < -0.39 is 24.5 Å². The Morgan fingerprint density at radius 3 is 2.59 bits per heavy atom. The second kappa shape index (κ2) is 5.52. The normalized spacial score (nSPS) is 13.5. The minimum absolute atomic E-state index is 0.114. The standard InChI is InChI=1S/C9H10ClF3N2O2/c10-7-1-5(9(11,12)13)2-8(15-7)14-3-6(17)4-16/h1-2,6,16-17H,3-4H2,(H,14,15). The molecule has 0 aliphatic heterocycles. The number of halogens is 4. The van der Waals surface area contributed by atoms with Crippen molar-refractivity contribution in [2.75, 3.05) is 18.5 Å². The van der Waals surface area contributed by atoms with Crippen molar-refractivity contribution in [1.29, 1.82) is 0 Å². The summed E-state index contributed by atoms with van der Waals surface area (Å²) in [7, 11) is 0. The summed E-state index contributed by atoms with van der Waals surface area (Å²) in [5.74, 6) is -0.114. The number of aromatic nitrogens is 1. The monoisotopic (exact) mass is 270 g/mol. The summed E-state index contributed by atoms with van der Waals surface area (Å²) >= 11 is 5.44. The fraction of sp³-hybridized carbons (Fsp3) is 0.444. The molecule has 0 aliphatic carbocycles. The van der Waals surface area contributed by atoms with Crippen LogP contribution in [0.5, 0.6) is 0 Å². The van der Waals surface area contributed by atoms with E-state index in [1.807, 2.05) is 0 Å². The largest absolute Gasteiger partial charge is 0.416 e. The molecule has 0 radical (unpaired) electrons. The molecule has 1 rings (SSSR count). The van der Waals surface area contributed by atoms with Gasteiger partial charge in [0, 0.05) is 6.54 Å². The van der Waals surface area contributed by atoms with Gasteiger partial charge in [-0.3, -0.25) is 0 Å². The molecule has 1 atom stereocenters. The molecule has 1 aromatic heterocycles. The number of aliphatic hydroxyl groups excluding tert-OH is 2. The Kier molecular flexibility index (Phi) is 4.55. The summed E-state index contributed by atoms with van der Waals surface area (Å²) < 4.78 is 37.2. The highest BCUT2D eigenvalue weighted by Crippen LogP contribution is 2.31. The lowest BCUT2D eigenvalue weighted by Gasteiger charge is -2.12. The Morgan fingerprint density at radius 1 is 1.41 bits per heavy atom. The summed E-state index contributed by atoms with van der Waals surface area (Å²) in [5, 5.41) is 19.7. The molecule has 0 saturated carbocycles. The first-order valence-corrected chi connectivity index (χ1v) is 4.98. The van der Waals surface area contributed by atoms with E-state index in [-0.39, 0.29) is 17.5 Å². The van der Waals surface area contributed by atoms with Crippen LogP contribution in [-0.4, -0.2) is 34.5 Å². The highest BCUT2D eigenvalue weighted by Gasteiger charge is 2.31. The van der Waals surface area contributed by atoms with E-state index in [1.54, 1.807) is 0 Å². The van der Waals surface area contributed by atoms with Gasteiger partial charge in [0.05, 0.1) is 18.3 Å². The molecule has 17 heavy (non-hydrogen) atoms. The zero-order valence-electron chi connectivity index (χ0n) is 8.50. The quantitative estimate of drug-likeness (QED) is 0.726. The molecule has 0 saturated heterocycles. The summed E-state index contributed by atoms with van der Waals surface area (Å²) in [4.78, 5) is 3.62. The van der Waals surface area contributed by atoms with Crippen molar-refractivity contribution in [3.8, 4) is 0 Å². The molecule has 4 nitrogen and oxygen atoms in total. The molecule has 1 aromatic rings. The minimum atomic E-state index is -4.52. The highest BCUT2D eigenvalue weighted by molar-refractivity contribution is 6.29. The van der Waals surface area contributed by atoms with Crippen LogP contribution in [0.2, 0.25) is 5.15 Å². The van der Waals surface area contributed by atoms with Gasteiger partial charge in [-0.2, -0.15) is 13.2 Å². The lowest BCUT2D eigenvalue weighted by atomic mass is 10.2. The Hall–Kier alpha value is -1.05. The minimum Gasteiger partial charge on any atom is -0.394 e. The van der Waals surface area contributed by atoms with Crippen LogP contribution in [0.3, 0.4) is 0 Å². The number of nitrogens with one attached hydrogen (secondary N) is 1. The van der Waals surface area contributed by atoms with Crippen LogP contribution < -0.4 is 5.32 Å². The van der Waals surface area contributed by atoms with Crippen molar-refractivity contribution in [3.05, 3.63) is 22.8 Å². The van der Waals surface area contributed by atoms with Crippen LogP contribution in [-0.2, 0) is 6.18 Å². The van der Waals surface area contributed by atoms with Crippen LogP contribution in [0.15, 0.2) is 12.1 Å². The van der Waals surface area contributed by atoms with Gasteiger partial charge in [0.2, 0.25) is 0 Å². The molecule has 0 aromatic carbocycles. The van der Waals surface area contributed by atoms with Crippen molar-refractivity contribution in [3.63, 3.8) is 0 Å². The molecule has 0 bridgehead atoms. The van der Waals surface area contributed by atoms with Gasteiger partial charge in [0.15, 0.2) is 0 Å². The van der Waals surface area contributed by atoms with Crippen LogP contribution >= 0.6 is 11.6 Å². The number of pyridine rings is 1. The van der Waals surface area contributed by atoms with Gasteiger partial charge in [-0.15, -0.1) is 0 Å². The SMILES string of the molecule is OCC(O)CNc1cc(C(F)(F)F)cc(Cl)n1. The summed E-state index contributed by atoms with van der Waals surface area (Å²) in [5.41, 5.74) is -0.932. The summed E-state index contributed by atoms with van der Waals surface area (Å²) in [6.45, 7) is -0.624. The predicted molar refractivity (Wildman–Crippen MR) is 55.8 cm³/mol. The van der Waals surface area contributed by atoms with Crippen molar-refractivity contribution < 1.29 is 23.4 Å². The average Bonchev–Trinajstić information content (AvgIpc) is 2.24. The predicted octanol–water partition coefficient (Wildman–Crippen LogP) is 1.52. The van der Waals surface area contributed by atoms with Crippen LogP contribution in [0.25, 0.3) is 0 Å². The molecule has 96 valence electrons. The van der Waals surface area contributed by atoms with Crippen molar-refractivity contribution >= 4 is 17.4 Å². The molecular formula is C9H10ClF3N2O2. The van der Waals surface area contributed by atoms with E-state index in [2.05, 4.69) is 10.3 Å². The lowest BCUT2D eigenvalue weighted by Crippen LogP contribution is -2.23. The van der Waals surface area contributed by atoms with E-state index in [0.29, 0.717) is 6.07 Å². The zero-order chi connectivity index (χ0) is 13.1. The van der Waals surface area contributed by atoms with E-state index >= 15 is 0 Å². The first kappa shape index (κ1) is 14.0. The van der Waals surface area contributed by atoms with Gasteiger partial charge in [0.1, 0.15) is 11.0 Å². The highest BCUT2D eigenvalue weighted by atomic mass is 35.5. The summed E-state index contributed by atoms with van der Waals surface area (Å²) in [6, 6.07) is 1.48. The van der Waals surface area contributed by atoms with E-state index in [9.17, 15) is 13.2 Å². The first-order chi connectivity index (χ1) is 7.82. The first-order valence-electron chi connectivity index (χ1n) is 4.60. The van der Waals surface area contributed by atoms with Gasteiger partial charge in [-0.25, -0.2) is 4.98 Å². The topological polar surface area (TPSA) is 65.4 Å². The van der Waals surface area contributed by atoms with Crippen molar-refractivity contribution in [1.82, 2.24) is 4.98 Å². The number of anilines is 1. The Balaban J connectivity index is 2.83. The Bertz CT molecular complexity index is 387. The molecule has 8 heteroatoms. The smallest absolute Gasteiger partial charge is 0.394 e. The maximum absolute atomic E-state index is 12.4. The zero-order valence-corrected chi connectivity index (χ0v) is 9.26. The second-order valence-electron chi connectivity index (χ2n) is 3.28. The summed E-state index contributed by atoms with van der Waals surface area (Å²) in [6.07, 6.45) is -5.59. The lowest BCUT2D eigenvalue weighted by molar-refractivity contribution is -0.137. The Morgan fingerprint density at radius 2 is 2.06 bits per heavy atom. The fourth-order valence-corrected chi connectivity index (χ4v) is 1.25. The number of aliphatic hydroxyl groups is 2. The molecule has 3 N–H and O–H groups in total. The molecule has 0 amide bonds. The number of rotatable bonds is 4. The Labute approximate surface area is 100 Å². The van der Waals surface area contributed by atoms with Crippen molar-refractivity contribution in [2.45, 2.75) is 12.3 Å². The van der Waals surface area contributed by atoms with Gasteiger partial charge >= 0.3 is 6.18 Å². The van der Waals surface area contributed by atoms with Crippen molar-refractivity contribution in [2.24, 2.45) is 0 Å². The number of alkyl halides is 3. The van der Waals surface area contributed by atoms with Gasteiger partial charge in [-0.1, -0.05) is 11.6 Å². The van der Waals surface area contributed by atoms with Crippen LogP contribution in [0, 0.1) is 0 Å². The third-order valence-electron chi connectivity index (χ3n) is 1.85. The van der Waals surface area contributed by atoms with E-state index in [1.165, 1.54) is 0 Å². The maximum atomic E-state index is 12.4. The van der Waals surface area contributed by atoms with Crippen LogP contribution in [0.1, 0.15) is 5.56 Å². The number of hydrogen-bond acceptors (Lipinski definition) is 4. The fourth-order valence-electron chi connectivity index (χ4n) is 1.04. The van der Waals surface area contributed by atoms with Crippen LogP contribution in [0.4, 0.5) is 19.0 Å². The molecule has 0 fully saturated rings. The number of nitrogens with zero attached hydrogens (tertiary/aromatic N) is 1. The molecule has 0 aliphatic rings. The molecule has 0 spiro atoms. The third kappa shape index (κ3) is 4.37. The van der Waals surface area contributed by atoms with E-state index in [4.69, 9.17) is 21.8 Å². The second-order valence-corrected chi connectivity index (χ2v) is 3.67. The average molecular weight is 271 g/mol. The van der Waals surface area contributed by atoms with Gasteiger partial charge < -0.3 is 15.5 Å².